The van der Waals surface area contributed by atoms with E-state index in [1.54, 1.807) is 0 Å². The summed E-state index contributed by atoms with van der Waals surface area (Å²) in [5, 5.41) is 5.58. The third-order valence-electron chi connectivity index (χ3n) is 7.27. The van der Waals surface area contributed by atoms with Crippen LogP contribution in [0.5, 0.6) is 0 Å². The molecule has 0 bridgehead atoms. The first-order chi connectivity index (χ1) is 16.4. The average Bonchev–Trinajstić information content (AvgIpc) is 3.01. The first kappa shape index (κ1) is 21.2. The van der Waals surface area contributed by atoms with E-state index in [4.69, 9.17) is 14.4 Å². The minimum Gasteiger partial charge on any atom is -0.454 e. The fourth-order valence-corrected chi connectivity index (χ4v) is 5.54. The second-order valence-corrected chi connectivity index (χ2v) is 10.2. The lowest BCUT2D eigenvalue weighted by Crippen LogP contribution is -2.12. The summed E-state index contributed by atoms with van der Waals surface area (Å²) in [6.45, 7) is 9.12. The molecule has 4 heteroatoms. The van der Waals surface area contributed by atoms with Crippen molar-refractivity contribution in [3.63, 3.8) is 0 Å². The number of para-hydroxylation sites is 1. The molecule has 1 aliphatic rings. The Hall–Kier alpha value is -3.40. The van der Waals surface area contributed by atoms with Crippen LogP contribution in [0.15, 0.2) is 80.9 Å². The molecule has 0 amide bonds. The second-order valence-electron chi connectivity index (χ2n) is 10.2. The Morgan fingerprint density at radius 1 is 0.882 bits per heavy atom. The molecule has 0 saturated heterocycles. The largest absolute Gasteiger partial charge is 0.454 e. The normalized spacial score (nSPS) is 15.7. The molecule has 0 fully saturated rings. The molecule has 34 heavy (non-hydrogen) atoms. The van der Waals surface area contributed by atoms with Gasteiger partial charge in [-0.25, -0.2) is 9.98 Å². The summed E-state index contributed by atoms with van der Waals surface area (Å²) in [7, 11) is 2.09. The maximum absolute atomic E-state index is 6.46. The number of benzene rings is 3. The quantitative estimate of drug-likeness (QED) is 0.312. The van der Waals surface area contributed by atoms with Crippen LogP contribution in [0.25, 0.3) is 43.7 Å². The average molecular weight is 444 g/mol. The highest BCUT2D eigenvalue weighted by atomic mass is 16.3. The zero-order chi connectivity index (χ0) is 23.6. The van der Waals surface area contributed by atoms with Gasteiger partial charge >= 0.3 is 0 Å². The lowest BCUT2D eigenvalue weighted by Gasteiger charge is -2.24. The summed E-state index contributed by atoms with van der Waals surface area (Å²) >= 11 is 0. The van der Waals surface area contributed by atoms with Gasteiger partial charge in [0.15, 0.2) is 5.58 Å². The molecule has 3 nitrogen and oxygen atoms in total. The van der Waals surface area contributed by atoms with Gasteiger partial charge in [0.1, 0.15) is 24.5 Å². The zero-order valence-corrected chi connectivity index (χ0v) is 20.6. The predicted octanol–water partition coefficient (Wildman–Crippen LogP) is 6.17. The minimum absolute atomic E-state index is 0.422. The smallest absolute Gasteiger partial charge is 0.152 e. The molecule has 4 aromatic carbocycles. The number of rotatable bonds is 3. The van der Waals surface area contributed by atoms with Crippen LogP contribution in [0, 0.1) is 11.8 Å². The number of hydrogen-bond acceptors (Lipinski definition) is 3. The molecule has 1 aromatic heterocycles. The summed E-state index contributed by atoms with van der Waals surface area (Å²) in [5.74, 6) is 0.880. The Labute approximate surface area is 200 Å². The van der Waals surface area contributed by atoms with Crippen molar-refractivity contribution in [2.75, 3.05) is 0 Å². The molecule has 0 atom stereocenters. The summed E-state index contributed by atoms with van der Waals surface area (Å²) in [6, 6.07) is 16.8. The Bertz CT molecular complexity index is 1720. The summed E-state index contributed by atoms with van der Waals surface area (Å²) < 4.78 is 6.46. The van der Waals surface area contributed by atoms with Crippen molar-refractivity contribution in [3.05, 3.63) is 76.8 Å². The molecule has 0 N–H and O–H groups in total. The predicted molar refractivity (Wildman–Crippen MR) is 145 cm³/mol. The monoisotopic (exact) mass is 444 g/mol. The van der Waals surface area contributed by atoms with Crippen molar-refractivity contribution in [3.8, 4) is 0 Å². The molecule has 0 spiro atoms. The highest BCUT2D eigenvalue weighted by molar-refractivity contribution is 6.38. The summed E-state index contributed by atoms with van der Waals surface area (Å²) in [4.78, 5) is 10.7. The second kappa shape index (κ2) is 7.83. The molecule has 1 aliphatic carbocycles. The van der Waals surface area contributed by atoms with Crippen LogP contribution in [-0.4, -0.2) is 12.8 Å². The van der Waals surface area contributed by atoms with Crippen LogP contribution >= 0.6 is 0 Å². The Morgan fingerprint density at radius 2 is 1.71 bits per heavy atom. The van der Waals surface area contributed by atoms with Gasteiger partial charge in [0.25, 0.3) is 0 Å². The van der Waals surface area contributed by atoms with Crippen molar-refractivity contribution in [1.29, 1.82) is 0 Å². The Morgan fingerprint density at radius 3 is 2.50 bits per heavy atom. The van der Waals surface area contributed by atoms with Crippen molar-refractivity contribution in [2.45, 2.75) is 40.5 Å². The summed E-state index contributed by atoms with van der Waals surface area (Å²) in [6.07, 6.45) is 4.55. The number of hydrogen-bond donors (Lipinski definition) is 0. The van der Waals surface area contributed by atoms with E-state index in [0.717, 1.165) is 62.3 Å². The van der Waals surface area contributed by atoms with Gasteiger partial charge in [0.05, 0.1) is 16.4 Å². The standard InChI is InChI=1S/C30H29BN2O/c1-16(2)19-9-6-10-20(17(3)4)27(19)32-28-21-11-5-8-18-14-15-23-26(25(18)21)30(28)33-29-22(31)12-7-13-24(29)34-23/h5,7-9,11-17H,6,10,31H2,1-4H3/b32-28+. The van der Waals surface area contributed by atoms with Gasteiger partial charge in [-0.15, -0.1) is 0 Å². The van der Waals surface area contributed by atoms with Crippen LogP contribution in [0.4, 0.5) is 0 Å². The van der Waals surface area contributed by atoms with E-state index in [-0.39, 0.29) is 0 Å². The first-order valence-electron chi connectivity index (χ1n) is 12.4. The van der Waals surface area contributed by atoms with E-state index in [1.807, 2.05) is 12.1 Å². The number of allylic oxidation sites excluding steroid dienone is 3. The van der Waals surface area contributed by atoms with E-state index in [9.17, 15) is 0 Å². The molecule has 0 unspecified atom stereocenters. The van der Waals surface area contributed by atoms with E-state index in [0.29, 0.717) is 11.8 Å². The fraction of sp³-hybridized carbons (Fsp3) is 0.267. The number of aromatic nitrogens is 1. The van der Waals surface area contributed by atoms with Crippen molar-refractivity contribution in [2.24, 2.45) is 16.8 Å². The van der Waals surface area contributed by atoms with Gasteiger partial charge in [-0.2, -0.15) is 0 Å². The van der Waals surface area contributed by atoms with Crippen molar-refractivity contribution in [1.82, 2.24) is 4.98 Å². The van der Waals surface area contributed by atoms with Gasteiger partial charge < -0.3 is 4.42 Å². The molecule has 6 rings (SSSR count). The van der Waals surface area contributed by atoms with E-state index >= 15 is 0 Å². The molecular formula is C30H29BN2O. The van der Waals surface area contributed by atoms with Gasteiger partial charge in [-0.1, -0.05) is 75.6 Å². The first-order valence-corrected chi connectivity index (χ1v) is 12.4. The molecule has 5 aromatic rings. The number of fused-ring (bicyclic) bond motifs is 1. The topological polar surface area (TPSA) is 38.4 Å². The lowest BCUT2D eigenvalue weighted by molar-refractivity contribution is 0.663. The third kappa shape index (κ3) is 3.12. The molecule has 0 radical (unpaired) electrons. The van der Waals surface area contributed by atoms with Crippen LogP contribution in [0.1, 0.15) is 40.5 Å². The maximum Gasteiger partial charge on any atom is 0.152 e. The van der Waals surface area contributed by atoms with E-state index in [1.165, 1.54) is 21.9 Å². The highest BCUT2D eigenvalue weighted by Crippen LogP contribution is 2.37. The van der Waals surface area contributed by atoms with Crippen molar-refractivity contribution < 1.29 is 4.42 Å². The van der Waals surface area contributed by atoms with E-state index in [2.05, 4.69) is 78.0 Å². The van der Waals surface area contributed by atoms with Crippen LogP contribution in [0.3, 0.4) is 0 Å². The summed E-state index contributed by atoms with van der Waals surface area (Å²) in [5.41, 5.74) is 8.55. The number of nitrogens with zero attached hydrogens (tertiary/aromatic N) is 2. The minimum atomic E-state index is 0.422. The van der Waals surface area contributed by atoms with Crippen LogP contribution in [-0.2, 0) is 0 Å². The van der Waals surface area contributed by atoms with Gasteiger partial charge in [0, 0.05) is 10.8 Å². The Kier molecular flexibility index (Phi) is 4.88. The molecule has 1 heterocycles. The van der Waals surface area contributed by atoms with Crippen molar-refractivity contribution >= 4 is 57.1 Å². The molecule has 168 valence electrons. The van der Waals surface area contributed by atoms with Crippen LogP contribution in [0.2, 0.25) is 0 Å². The molecule has 0 aliphatic heterocycles. The van der Waals surface area contributed by atoms with E-state index < -0.39 is 0 Å². The third-order valence-corrected chi connectivity index (χ3v) is 7.27. The zero-order valence-electron chi connectivity index (χ0n) is 20.6. The maximum atomic E-state index is 6.46. The van der Waals surface area contributed by atoms with Crippen LogP contribution < -0.4 is 10.8 Å². The SMILES string of the molecule is Bc1cccc2oc3ccc4cccc5/c(=N\C6=C(C(C)C)CCC=C6C(C)C)c(nc12)c3c45. The molecular weight excluding hydrogens is 415 g/mol. The van der Waals surface area contributed by atoms with Gasteiger partial charge in [-0.05, 0) is 53.3 Å². The lowest BCUT2D eigenvalue weighted by atomic mass is 9.85. The highest BCUT2D eigenvalue weighted by Gasteiger charge is 2.22. The fourth-order valence-electron chi connectivity index (χ4n) is 5.54. The van der Waals surface area contributed by atoms with Gasteiger partial charge in [0.2, 0.25) is 0 Å². The molecule has 0 saturated carbocycles. The van der Waals surface area contributed by atoms with Gasteiger partial charge in [-0.3, -0.25) is 0 Å². The Balaban J connectivity index is 1.86.